The first-order chi connectivity index (χ1) is 12.5. The van der Waals surface area contributed by atoms with E-state index in [2.05, 4.69) is 20.8 Å². The summed E-state index contributed by atoms with van der Waals surface area (Å²) in [5.74, 6) is 0.707. The fraction of sp³-hybridized carbons (Fsp3) is 0.222. The molecule has 7 nitrogen and oxygen atoms in total. The molecular formula is C18H18N4O3S. The summed E-state index contributed by atoms with van der Waals surface area (Å²) in [6.45, 7) is 3.48. The summed E-state index contributed by atoms with van der Waals surface area (Å²) < 4.78 is 4.90. The van der Waals surface area contributed by atoms with Crippen molar-refractivity contribution in [3.8, 4) is 0 Å². The summed E-state index contributed by atoms with van der Waals surface area (Å²) in [5.41, 5.74) is 1.39. The highest BCUT2D eigenvalue weighted by atomic mass is 32.2. The van der Waals surface area contributed by atoms with E-state index in [1.165, 1.54) is 11.8 Å². The number of pyridine rings is 1. The predicted octanol–water partition coefficient (Wildman–Crippen LogP) is 3.23. The number of thioether (sulfide) groups is 1. The third kappa shape index (κ3) is 4.40. The van der Waals surface area contributed by atoms with Crippen LogP contribution in [0.5, 0.6) is 0 Å². The molecule has 0 aliphatic carbocycles. The second-order valence-electron chi connectivity index (χ2n) is 5.69. The maximum Gasteiger partial charge on any atom is 0.238 e. The van der Waals surface area contributed by atoms with E-state index in [0.717, 1.165) is 10.9 Å². The van der Waals surface area contributed by atoms with E-state index in [9.17, 15) is 9.59 Å². The van der Waals surface area contributed by atoms with E-state index in [1.807, 2.05) is 24.3 Å². The van der Waals surface area contributed by atoms with Gasteiger partial charge in [-0.15, -0.1) is 11.8 Å². The molecular weight excluding hydrogens is 352 g/mol. The van der Waals surface area contributed by atoms with Crippen molar-refractivity contribution in [1.29, 1.82) is 0 Å². The number of para-hydroxylation sites is 1. The highest BCUT2D eigenvalue weighted by Crippen LogP contribution is 2.21. The normalized spacial score (nSPS) is 11.9. The molecule has 0 aliphatic heterocycles. The van der Waals surface area contributed by atoms with Gasteiger partial charge in [0.05, 0.1) is 22.2 Å². The van der Waals surface area contributed by atoms with Gasteiger partial charge in [-0.1, -0.05) is 23.4 Å². The van der Waals surface area contributed by atoms with Gasteiger partial charge < -0.3 is 15.2 Å². The third-order valence-corrected chi connectivity index (χ3v) is 4.76. The van der Waals surface area contributed by atoms with Crippen LogP contribution >= 0.6 is 11.8 Å². The Morgan fingerprint density at radius 1 is 1.23 bits per heavy atom. The SMILES string of the molecule is Cc1cc(NC(=O)C(C)SCC(=O)Nc2cccc3cccnc23)no1. The van der Waals surface area contributed by atoms with Crippen LogP contribution in [0.25, 0.3) is 10.9 Å². The largest absolute Gasteiger partial charge is 0.360 e. The minimum absolute atomic E-state index is 0.148. The second kappa shape index (κ2) is 8.01. The molecule has 0 saturated heterocycles. The topological polar surface area (TPSA) is 97.1 Å². The smallest absolute Gasteiger partial charge is 0.238 e. The Morgan fingerprint density at radius 2 is 2.04 bits per heavy atom. The van der Waals surface area contributed by atoms with Crippen molar-refractivity contribution in [2.75, 3.05) is 16.4 Å². The number of amides is 2. The zero-order chi connectivity index (χ0) is 18.5. The number of carbonyl (C=O) groups is 2. The molecule has 3 aromatic rings. The summed E-state index contributed by atoms with van der Waals surface area (Å²) in [6, 6.07) is 11.0. The highest BCUT2D eigenvalue weighted by Gasteiger charge is 2.17. The van der Waals surface area contributed by atoms with Crippen molar-refractivity contribution < 1.29 is 14.1 Å². The summed E-state index contributed by atoms with van der Waals surface area (Å²) in [7, 11) is 0. The van der Waals surface area contributed by atoms with Gasteiger partial charge in [0, 0.05) is 17.6 Å². The molecule has 26 heavy (non-hydrogen) atoms. The first-order valence-electron chi connectivity index (χ1n) is 8.02. The van der Waals surface area contributed by atoms with Gasteiger partial charge in [-0.3, -0.25) is 14.6 Å². The Morgan fingerprint density at radius 3 is 2.81 bits per heavy atom. The van der Waals surface area contributed by atoms with Crippen LogP contribution in [0.4, 0.5) is 11.5 Å². The van der Waals surface area contributed by atoms with Crippen LogP contribution < -0.4 is 10.6 Å². The van der Waals surface area contributed by atoms with Crippen molar-refractivity contribution in [2.24, 2.45) is 0 Å². The lowest BCUT2D eigenvalue weighted by atomic mass is 10.2. The van der Waals surface area contributed by atoms with E-state index < -0.39 is 5.25 Å². The molecule has 0 saturated carbocycles. The summed E-state index contributed by atoms with van der Waals surface area (Å²) in [6.07, 6.45) is 1.69. The molecule has 0 fully saturated rings. The van der Waals surface area contributed by atoms with Crippen molar-refractivity contribution in [2.45, 2.75) is 19.1 Å². The Bertz CT molecular complexity index is 936. The number of rotatable bonds is 6. The van der Waals surface area contributed by atoms with E-state index in [0.29, 0.717) is 17.3 Å². The van der Waals surface area contributed by atoms with Gasteiger partial charge in [0.1, 0.15) is 5.76 Å². The van der Waals surface area contributed by atoms with Crippen LogP contribution in [-0.4, -0.2) is 33.0 Å². The quantitative estimate of drug-likeness (QED) is 0.691. The minimum Gasteiger partial charge on any atom is -0.360 e. The number of benzene rings is 1. The average Bonchev–Trinajstić information content (AvgIpc) is 3.04. The Labute approximate surface area is 154 Å². The fourth-order valence-electron chi connectivity index (χ4n) is 2.32. The zero-order valence-corrected chi connectivity index (χ0v) is 15.2. The van der Waals surface area contributed by atoms with Crippen LogP contribution in [0.3, 0.4) is 0 Å². The molecule has 2 aromatic heterocycles. The average molecular weight is 370 g/mol. The predicted molar refractivity (Wildman–Crippen MR) is 102 cm³/mol. The number of hydrogen-bond donors (Lipinski definition) is 2. The molecule has 134 valence electrons. The van der Waals surface area contributed by atoms with Gasteiger partial charge in [-0.25, -0.2) is 0 Å². The number of hydrogen-bond acceptors (Lipinski definition) is 6. The number of fused-ring (bicyclic) bond motifs is 1. The van der Waals surface area contributed by atoms with Crippen LogP contribution in [0, 0.1) is 6.92 Å². The molecule has 3 rings (SSSR count). The van der Waals surface area contributed by atoms with Crippen LogP contribution in [-0.2, 0) is 9.59 Å². The molecule has 0 spiro atoms. The molecule has 1 atom stereocenters. The van der Waals surface area contributed by atoms with Crippen molar-refractivity contribution in [3.05, 3.63) is 48.4 Å². The number of nitrogens with one attached hydrogen (secondary N) is 2. The molecule has 1 aromatic carbocycles. The number of nitrogens with zero attached hydrogens (tertiary/aromatic N) is 2. The van der Waals surface area contributed by atoms with E-state index >= 15 is 0 Å². The zero-order valence-electron chi connectivity index (χ0n) is 14.4. The molecule has 1 unspecified atom stereocenters. The summed E-state index contributed by atoms with van der Waals surface area (Å²) >= 11 is 1.24. The number of carbonyl (C=O) groups excluding carboxylic acids is 2. The number of aromatic nitrogens is 2. The van der Waals surface area contributed by atoms with Crippen LogP contribution in [0.15, 0.2) is 47.1 Å². The minimum atomic E-state index is -0.414. The molecule has 2 N–H and O–H groups in total. The monoisotopic (exact) mass is 370 g/mol. The summed E-state index contributed by atoms with van der Waals surface area (Å²) in [4.78, 5) is 28.6. The van der Waals surface area contributed by atoms with E-state index in [1.54, 1.807) is 32.2 Å². The molecule has 2 amide bonds. The lowest BCUT2D eigenvalue weighted by Gasteiger charge is -2.11. The van der Waals surface area contributed by atoms with Gasteiger partial charge in [0.25, 0.3) is 0 Å². The maximum atomic E-state index is 12.2. The van der Waals surface area contributed by atoms with Gasteiger partial charge in [-0.2, -0.15) is 0 Å². The van der Waals surface area contributed by atoms with E-state index in [4.69, 9.17) is 4.52 Å². The maximum absolute atomic E-state index is 12.2. The van der Waals surface area contributed by atoms with Crippen LogP contribution in [0.2, 0.25) is 0 Å². The van der Waals surface area contributed by atoms with Gasteiger partial charge in [0.15, 0.2) is 5.82 Å². The van der Waals surface area contributed by atoms with Crippen LogP contribution in [0.1, 0.15) is 12.7 Å². The third-order valence-electron chi connectivity index (χ3n) is 3.62. The molecule has 2 heterocycles. The molecule has 0 aliphatic rings. The van der Waals surface area contributed by atoms with Crippen molar-refractivity contribution in [3.63, 3.8) is 0 Å². The van der Waals surface area contributed by atoms with Gasteiger partial charge in [-0.05, 0) is 26.0 Å². The summed E-state index contributed by atoms with van der Waals surface area (Å²) in [5, 5.41) is 9.76. The second-order valence-corrected chi connectivity index (χ2v) is 7.02. The molecule has 0 radical (unpaired) electrons. The van der Waals surface area contributed by atoms with Crippen molar-refractivity contribution in [1.82, 2.24) is 10.1 Å². The number of anilines is 2. The standard InChI is InChI=1S/C18H18N4O3S/c1-11-9-15(22-25-11)21-18(24)12(2)26-10-16(23)20-14-7-3-5-13-6-4-8-19-17(13)14/h3-9,12H,10H2,1-2H3,(H,20,23)(H,21,22,24). The highest BCUT2D eigenvalue weighted by molar-refractivity contribution is 8.01. The lowest BCUT2D eigenvalue weighted by molar-refractivity contribution is -0.115. The van der Waals surface area contributed by atoms with E-state index in [-0.39, 0.29) is 17.6 Å². The molecule has 8 heteroatoms. The first-order valence-corrected chi connectivity index (χ1v) is 9.07. The Kier molecular flexibility index (Phi) is 5.52. The Balaban J connectivity index is 1.54. The van der Waals surface area contributed by atoms with Gasteiger partial charge in [0.2, 0.25) is 11.8 Å². The first kappa shape index (κ1) is 17.9. The molecule has 0 bridgehead atoms. The lowest BCUT2D eigenvalue weighted by Crippen LogP contribution is -2.25. The van der Waals surface area contributed by atoms with Crippen molar-refractivity contribution >= 4 is 46.0 Å². The fourth-order valence-corrected chi connectivity index (χ4v) is 3.00. The number of aryl methyl sites for hydroxylation is 1. The Hall–Kier alpha value is -2.87. The van der Waals surface area contributed by atoms with Gasteiger partial charge >= 0.3 is 0 Å².